The van der Waals surface area contributed by atoms with Crippen molar-refractivity contribution in [3.8, 4) is 0 Å². The van der Waals surface area contributed by atoms with E-state index in [1.807, 2.05) is 21.1 Å². The molecule has 0 aliphatic rings. The van der Waals surface area contributed by atoms with Gasteiger partial charge in [0.1, 0.15) is 12.6 Å². The first-order valence-electron chi connectivity index (χ1n) is 6.10. The molecule has 0 fully saturated rings. The lowest BCUT2D eigenvalue weighted by Crippen LogP contribution is -2.43. The van der Waals surface area contributed by atoms with Gasteiger partial charge in [-0.05, 0) is 0 Å². The molecule has 0 aromatic carbocycles. The van der Waals surface area contributed by atoms with Crippen LogP contribution in [-0.4, -0.2) is 76.0 Å². The normalized spacial score (nSPS) is 12.9. The number of carbonyl (C=O) groups excluding carboxylic acids is 2. The Bertz CT molecular complexity index is 428. The van der Waals surface area contributed by atoms with E-state index in [0.29, 0.717) is 11.0 Å². The van der Waals surface area contributed by atoms with E-state index in [1.165, 1.54) is 0 Å². The van der Waals surface area contributed by atoms with Crippen molar-refractivity contribution in [2.45, 2.75) is 19.4 Å². The predicted octanol–water partition coefficient (Wildman–Crippen LogP) is -2.97. The average Bonchev–Trinajstić information content (AvgIpc) is 2.09. The summed E-state index contributed by atoms with van der Waals surface area (Å²) >= 11 is 0. The number of carbonyl (C=O) groups is 2. The first kappa shape index (κ1) is 22.1. The van der Waals surface area contributed by atoms with Gasteiger partial charge in [-0.2, -0.15) is 8.42 Å². The van der Waals surface area contributed by atoms with Crippen molar-refractivity contribution in [2.24, 2.45) is 5.73 Å². The fourth-order valence-corrected chi connectivity index (χ4v) is 1.98. The minimum Gasteiger partial charge on any atom is -0.550 e. The lowest BCUT2D eigenvalue weighted by Gasteiger charge is -2.26. The molecule has 0 aromatic heterocycles. The van der Waals surface area contributed by atoms with Crippen molar-refractivity contribution < 1.29 is 36.9 Å². The van der Waals surface area contributed by atoms with E-state index in [9.17, 15) is 23.1 Å². The van der Waals surface area contributed by atoms with Crippen LogP contribution in [0.25, 0.3) is 0 Å². The largest absolute Gasteiger partial charge is 0.550 e. The Morgan fingerprint density at radius 1 is 1.33 bits per heavy atom. The quantitative estimate of drug-likeness (QED) is 0.372. The van der Waals surface area contributed by atoms with E-state index < -0.39 is 28.2 Å². The molecule has 21 heavy (non-hydrogen) atoms. The number of rotatable bonds is 7. The molecule has 0 saturated heterocycles. The number of nitrogens with two attached hydrogens (primary N) is 1. The lowest BCUT2D eigenvalue weighted by atomic mass is 10.2. The Balaban J connectivity index is 0. The van der Waals surface area contributed by atoms with Gasteiger partial charge in [0.05, 0.1) is 26.9 Å². The van der Waals surface area contributed by atoms with Crippen molar-refractivity contribution in [3.05, 3.63) is 0 Å². The molecule has 3 N–H and O–H groups in total. The zero-order valence-corrected chi connectivity index (χ0v) is 13.6. The SMILES string of the molecule is CC(=O)OS(=O)(=O)CCN.C[N+](C)(C)C[C@H](O)CC(=O)[O-]. The highest BCUT2D eigenvalue weighted by Crippen LogP contribution is 1.97. The van der Waals surface area contributed by atoms with Crippen LogP contribution in [0.3, 0.4) is 0 Å². The third-order valence-electron chi connectivity index (χ3n) is 1.77. The summed E-state index contributed by atoms with van der Waals surface area (Å²) in [5.74, 6) is -2.37. The molecule has 0 amide bonds. The molecule has 0 radical (unpaired) electrons. The Hall–Kier alpha value is -1.23. The van der Waals surface area contributed by atoms with Crippen LogP contribution in [0.4, 0.5) is 0 Å². The van der Waals surface area contributed by atoms with E-state index in [4.69, 9.17) is 10.8 Å². The Morgan fingerprint density at radius 2 is 1.81 bits per heavy atom. The van der Waals surface area contributed by atoms with Crippen LogP contribution in [0.2, 0.25) is 0 Å². The Kier molecular flexibility index (Phi) is 10.1. The zero-order chi connectivity index (χ0) is 17.3. The molecule has 1 atom stereocenters. The third-order valence-corrected chi connectivity index (χ3v) is 3.00. The van der Waals surface area contributed by atoms with E-state index in [-0.39, 0.29) is 18.7 Å². The van der Waals surface area contributed by atoms with E-state index in [2.05, 4.69) is 4.18 Å². The number of aliphatic hydroxyl groups is 1. The maximum atomic E-state index is 10.5. The van der Waals surface area contributed by atoms with Crippen molar-refractivity contribution in [1.82, 2.24) is 0 Å². The number of carboxylic acid groups (broad SMARTS) is 1. The summed E-state index contributed by atoms with van der Waals surface area (Å²) in [6.45, 7) is 1.40. The number of quaternary nitrogens is 1. The number of likely N-dealkylation sites (N-methyl/N-ethyl adjacent to an activating group) is 1. The molecule has 10 heteroatoms. The number of aliphatic carboxylic acids is 1. The third kappa shape index (κ3) is 18.8. The fraction of sp³-hybridized carbons (Fsp3) is 0.818. The van der Waals surface area contributed by atoms with Crippen molar-refractivity contribution in [3.63, 3.8) is 0 Å². The van der Waals surface area contributed by atoms with Crippen LogP contribution in [0.15, 0.2) is 0 Å². The smallest absolute Gasteiger partial charge is 0.319 e. The molecule has 0 heterocycles. The molecular formula is C11H24N2O7S. The number of hydrogen-bond acceptors (Lipinski definition) is 8. The molecule has 9 nitrogen and oxygen atoms in total. The maximum Gasteiger partial charge on any atom is 0.319 e. The van der Waals surface area contributed by atoms with E-state index >= 15 is 0 Å². The second-order valence-electron chi connectivity index (χ2n) is 5.33. The Labute approximate surface area is 125 Å². The van der Waals surface area contributed by atoms with Gasteiger partial charge in [-0.15, -0.1) is 0 Å². The molecule has 0 spiro atoms. The predicted molar refractivity (Wildman–Crippen MR) is 73.1 cm³/mol. The van der Waals surface area contributed by atoms with E-state index in [1.54, 1.807) is 0 Å². The zero-order valence-electron chi connectivity index (χ0n) is 12.7. The lowest BCUT2D eigenvalue weighted by molar-refractivity contribution is -0.873. The summed E-state index contributed by atoms with van der Waals surface area (Å²) in [6.07, 6.45) is -1.09. The van der Waals surface area contributed by atoms with Gasteiger partial charge >= 0.3 is 16.1 Å². The van der Waals surface area contributed by atoms with Crippen molar-refractivity contribution in [1.29, 1.82) is 0 Å². The number of nitrogens with zero attached hydrogens (tertiary/aromatic N) is 1. The van der Waals surface area contributed by atoms with Crippen LogP contribution in [0.1, 0.15) is 13.3 Å². The summed E-state index contributed by atoms with van der Waals surface area (Å²) in [5, 5.41) is 19.1. The van der Waals surface area contributed by atoms with Gasteiger partial charge in [0.25, 0.3) is 0 Å². The topological polar surface area (TPSA) is 147 Å². The molecule has 0 aromatic rings. The van der Waals surface area contributed by atoms with Gasteiger partial charge in [0.15, 0.2) is 0 Å². The highest BCUT2D eigenvalue weighted by molar-refractivity contribution is 7.87. The molecule has 0 aliphatic heterocycles. The molecule has 0 rings (SSSR count). The van der Waals surface area contributed by atoms with Crippen LogP contribution < -0.4 is 10.8 Å². The molecule has 0 aliphatic carbocycles. The fourth-order valence-electron chi connectivity index (χ4n) is 1.25. The van der Waals surface area contributed by atoms with Gasteiger partial charge in [-0.1, -0.05) is 0 Å². The number of carboxylic acids is 1. The summed E-state index contributed by atoms with van der Waals surface area (Å²) in [5.41, 5.74) is 4.92. The Morgan fingerprint density at radius 3 is 2.10 bits per heavy atom. The number of aliphatic hydroxyl groups excluding tert-OH is 1. The molecule has 126 valence electrons. The monoisotopic (exact) mass is 328 g/mol. The molecule has 0 saturated carbocycles. The summed E-state index contributed by atoms with van der Waals surface area (Å²) in [4.78, 5) is 20.1. The van der Waals surface area contributed by atoms with Crippen molar-refractivity contribution >= 4 is 22.1 Å². The highest BCUT2D eigenvalue weighted by Gasteiger charge is 2.15. The minimum absolute atomic E-state index is 0.0460. The maximum absolute atomic E-state index is 10.5. The second-order valence-corrected chi connectivity index (χ2v) is 7.02. The van der Waals surface area contributed by atoms with Gasteiger partial charge in [-0.25, -0.2) is 0 Å². The first-order chi connectivity index (χ1) is 9.29. The summed E-state index contributed by atoms with van der Waals surface area (Å²) in [7, 11) is 1.96. The van der Waals surface area contributed by atoms with Gasteiger partial charge < -0.3 is 29.4 Å². The van der Waals surface area contributed by atoms with E-state index in [0.717, 1.165) is 6.92 Å². The summed E-state index contributed by atoms with van der Waals surface area (Å²) in [6, 6.07) is 0. The van der Waals surface area contributed by atoms with Gasteiger partial charge in [0, 0.05) is 25.9 Å². The minimum atomic E-state index is -3.71. The molecule has 0 bridgehead atoms. The average molecular weight is 328 g/mol. The summed E-state index contributed by atoms with van der Waals surface area (Å²) < 4.78 is 25.5. The van der Waals surface area contributed by atoms with Gasteiger partial charge in [0.2, 0.25) is 0 Å². The van der Waals surface area contributed by atoms with Crippen LogP contribution in [0, 0.1) is 0 Å². The van der Waals surface area contributed by atoms with Crippen LogP contribution in [-0.2, 0) is 23.9 Å². The number of hydrogen-bond donors (Lipinski definition) is 2. The van der Waals surface area contributed by atoms with Gasteiger partial charge in [-0.3, -0.25) is 4.79 Å². The van der Waals surface area contributed by atoms with Crippen molar-refractivity contribution in [2.75, 3.05) is 40.0 Å². The highest BCUT2D eigenvalue weighted by atomic mass is 32.2. The molecule has 0 unspecified atom stereocenters. The van der Waals surface area contributed by atoms with Crippen LogP contribution in [0.5, 0.6) is 0 Å². The second kappa shape index (κ2) is 9.66. The van der Waals surface area contributed by atoms with Crippen LogP contribution >= 0.6 is 0 Å². The standard InChI is InChI=1S/C7H15NO3.C4H9NO4S/c1-8(2,3)5-6(9)4-7(10)11;1-4(6)9-10(7,8)3-2-5/h6,9H,4-5H2,1-3H3;2-3,5H2,1H3/t6-;/m1./s1. The first-order valence-corrected chi connectivity index (χ1v) is 7.68. The molecular weight excluding hydrogens is 304 g/mol.